The molecule has 2 aromatic carbocycles. The van der Waals surface area contributed by atoms with E-state index in [2.05, 4.69) is 24.8 Å². The highest BCUT2D eigenvalue weighted by Gasteiger charge is 2.19. The van der Waals surface area contributed by atoms with Crippen LogP contribution in [0.3, 0.4) is 0 Å². The molecule has 1 fully saturated rings. The summed E-state index contributed by atoms with van der Waals surface area (Å²) in [5, 5.41) is 9.95. The molecular weight excluding hydrogens is 484 g/mol. The summed E-state index contributed by atoms with van der Waals surface area (Å²) in [6.45, 7) is 7.07. The van der Waals surface area contributed by atoms with Gasteiger partial charge in [0.1, 0.15) is 5.01 Å². The summed E-state index contributed by atoms with van der Waals surface area (Å²) in [6.07, 6.45) is 3.57. The fraction of sp³-hybridized carbons (Fsp3) is 0.286. The van der Waals surface area contributed by atoms with Crippen LogP contribution >= 0.6 is 11.3 Å². The number of aliphatic carboxylic acids is 1. The predicted molar refractivity (Wildman–Crippen MR) is 149 cm³/mol. The summed E-state index contributed by atoms with van der Waals surface area (Å²) >= 11 is 1.44. The normalized spacial score (nSPS) is 14.5. The Morgan fingerprint density at radius 3 is 2.11 bits per heavy atom. The van der Waals surface area contributed by atoms with Crippen LogP contribution in [0.15, 0.2) is 79.1 Å². The van der Waals surface area contributed by atoms with Gasteiger partial charge in [0.2, 0.25) is 5.95 Å². The summed E-state index contributed by atoms with van der Waals surface area (Å²) < 4.78 is 0. The third-order valence-electron chi connectivity index (χ3n) is 5.83. The van der Waals surface area contributed by atoms with Crippen molar-refractivity contribution in [2.45, 2.75) is 19.4 Å². The zero-order valence-electron chi connectivity index (χ0n) is 20.9. The number of nitrogens with two attached hydrogens (primary N) is 1. The first-order valence-electron chi connectivity index (χ1n) is 12.3. The largest absolute Gasteiger partial charge is 0.481 e. The van der Waals surface area contributed by atoms with Gasteiger partial charge in [0.05, 0.1) is 12.1 Å². The molecule has 0 saturated carbocycles. The Kier molecular flexibility index (Phi) is 9.31. The van der Waals surface area contributed by atoms with E-state index in [9.17, 15) is 4.79 Å². The second-order valence-corrected chi connectivity index (χ2v) is 9.99. The van der Waals surface area contributed by atoms with Gasteiger partial charge in [0.15, 0.2) is 0 Å². The van der Waals surface area contributed by atoms with Gasteiger partial charge in [-0.1, -0.05) is 60.7 Å². The van der Waals surface area contributed by atoms with Crippen molar-refractivity contribution in [1.82, 2.24) is 19.9 Å². The quantitative estimate of drug-likeness (QED) is 0.379. The number of nitrogens with zero attached hydrogens (tertiary/aromatic N) is 5. The molecule has 0 radical (unpaired) electrons. The molecule has 0 spiro atoms. The lowest BCUT2D eigenvalue weighted by molar-refractivity contribution is -0.136. The van der Waals surface area contributed by atoms with E-state index in [0.717, 1.165) is 65.4 Å². The van der Waals surface area contributed by atoms with Crippen LogP contribution in [0, 0.1) is 0 Å². The third-order valence-corrected chi connectivity index (χ3v) is 6.93. The van der Waals surface area contributed by atoms with Crippen molar-refractivity contribution < 1.29 is 9.90 Å². The second kappa shape index (κ2) is 13.0. The SMILES string of the molecule is CC(N)CN1CCN(c2ncccn2)CC1.O=C(O)Cc1sc(-c2ccccc2)nc1-c1ccccc1. The lowest BCUT2D eigenvalue weighted by Crippen LogP contribution is -2.49. The molecule has 192 valence electrons. The fourth-order valence-electron chi connectivity index (χ4n) is 4.13. The van der Waals surface area contributed by atoms with Gasteiger partial charge in [-0.3, -0.25) is 9.69 Å². The number of hydrogen-bond donors (Lipinski definition) is 2. The minimum absolute atomic E-state index is 0.00523. The number of thiazole rings is 1. The number of anilines is 1. The number of carboxylic acid groups (broad SMARTS) is 1. The molecule has 4 aromatic rings. The van der Waals surface area contributed by atoms with Crippen LogP contribution in [0.2, 0.25) is 0 Å². The van der Waals surface area contributed by atoms with Gasteiger partial charge in [-0.15, -0.1) is 11.3 Å². The van der Waals surface area contributed by atoms with Gasteiger partial charge in [-0.25, -0.2) is 15.0 Å². The minimum atomic E-state index is -0.838. The molecule has 1 aliphatic rings. The molecule has 0 amide bonds. The predicted octanol–water partition coefficient (Wildman–Crippen LogP) is 4.05. The van der Waals surface area contributed by atoms with E-state index < -0.39 is 5.97 Å². The topological polar surface area (TPSA) is 108 Å². The molecular formula is C28H32N6O2S. The molecule has 9 heteroatoms. The molecule has 0 bridgehead atoms. The molecule has 3 N–H and O–H groups in total. The molecule has 1 aliphatic heterocycles. The Balaban J connectivity index is 0.000000180. The van der Waals surface area contributed by atoms with Crippen molar-refractivity contribution in [1.29, 1.82) is 0 Å². The molecule has 2 aromatic heterocycles. The molecule has 0 aliphatic carbocycles. The first-order valence-corrected chi connectivity index (χ1v) is 13.1. The lowest BCUT2D eigenvalue weighted by Gasteiger charge is -2.35. The molecule has 5 rings (SSSR count). The highest BCUT2D eigenvalue weighted by molar-refractivity contribution is 7.15. The number of benzene rings is 2. The molecule has 8 nitrogen and oxygen atoms in total. The van der Waals surface area contributed by atoms with Crippen molar-refractivity contribution in [3.8, 4) is 21.8 Å². The smallest absolute Gasteiger partial charge is 0.308 e. The lowest BCUT2D eigenvalue weighted by atomic mass is 10.1. The monoisotopic (exact) mass is 516 g/mol. The van der Waals surface area contributed by atoms with Gasteiger partial charge in [-0.2, -0.15) is 0 Å². The van der Waals surface area contributed by atoms with Crippen molar-refractivity contribution in [3.05, 3.63) is 84.0 Å². The summed E-state index contributed by atoms with van der Waals surface area (Å²) in [6, 6.07) is 21.6. The van der Waals surface area contributed by atoms with Gasteiger partial charge in [0.25, 0.3) is 0 Å². The summed E-state index contributed by atoms with van der Waals surface area (Å²) in [4.78, 5) is 29.7. The first kappa shape index (κ1) is 26.4. The summed E-state index contributed by atoms with van der Waals surface area (Å²) in [5.74, 6) is -0.00149. The number of carboxylic acids is 1. The van der Waals surface area contributed by atoms with Gasteiger partial charge in [-0.05, 0) is 13.0 Å². The standard InChI is InChI=1S/C17H13NO2S.C11H19N5/c19-15(20)11-14-16(12-7-3-1-4-8-12)18-17(21-14)13-9-5-2-6-10-13;1-10(12)9-15-5-7-16(8-6-15)11-13-3-2-4-14-11/h1-10H,11H2,(H,19,20);2-4,10H,5-9,12H2,1H3. The van der Waals surface area contributed by atoms with Crippen LogP contribution in [0.5, 0.6) is 0 Å². The van der Waals surface area contributed by atoms with E-state index in [-0.39, 0.29) is 12.5 Å². The van der Waals surface area contributed by atoms with E-state index in [1.807, 2.05) is 73.7 Å². The van der Waals surface area contributed by atoms with E-state index >= 15 is 0 Å². The van der Waals surface area contributed by atoms with Gasteiger partial charge < -0.3 is 15.7 Å². The van der Waals surface area contributed by atoms with Gasteiger partial charge in [0, 0.05) is 67.2 Å². The van der Waals surface area contributed by atoms with Crippen molar-refractivity contribution in [2.24, 2.45) is 5.73 Å². The third kappa shape index (κ3) is 7.66. The van der Waals surface area contributed by atoms with E-state index in [1.165, 1.54) is 11.3 Å². The zero-order chi connectivity index (χ0) is 26.0. The van der Waals surface area contributed by atoms with Crippen LogP contribution in [0.4, 0.5) is 5.95 Å². The molecule has 1 saturated heterocycles. The van der Waals surface area contributed by atoms with E-state index in [0.29, 0.717) is 0 Å². The number of aromatic nitrogens is 3. The maximum absolute atomic E-state index is 11.1. The molecule has 3 heterocycles. The number of carbonyl (C=O) groups is 1. The highest BCUT2D eigenvalue weighted by atomic mass is 32.1. The van der Waals surface area contributed by atoms with Crippen LogP contribution < -0.4 is 10.6 Å². The van der Waals surface area contributed by atoms with Crippen molar-refractivity contribution in [3.63, 3.8) is 0 Å². The maximum atomic E-state index is 11.1. The van der Waals surface area contributed by atoms with Crippen molar-refractivity contribution in [2.75, 3.05) is 37.6 Å². The Morgan fingerprint density at radius 2 is 1.54 bits per heavy atom. The molecule has 1 atom stereocenters. The van der Waals surface area contributed by atoms with Crippen LogP contribution in [-0.4, -0.2) is 69.7 Å². The molecule has 1 unspecified atom stereocenters. The number of hydrogen-bond acceptors (Lipinski definition) is 8. The van der Waals surface area contributed by atoms with Crippen LogP contribution in [-0.2, 0) is 11.2 Å². The Hall–Kier alpha value is -3.66. The van der Waals surface area contributed by atoms with Crippen LogP contribution in [0.1, 0.15) is 11.8 Å². The van der Waals surface area contributed by atoms with E-state index in [4.69, 9.17) is 10.8 Å². The highest BCUT2D eigenvalue weighted by Crippen LogP contribution is 2.34. The summed E-state index contributed by atoms with van der Waals surface area (Å²) in [7, 11) is 0. The Labute approximate surface area is 221 Å². The van der Waals surface area contributed by atoms with Crippen molar-refractivity contribution >= 4 is 23.3 Å². The number of piperazine rings is 1. The zero-order valence-corrected chi connectivity index (χ0v) is 21.7. The molecule has 37 heavy (non-hydrogen) atoms. The average Bonchev–Trinajstić information content (AvgIpc) is 3.34. The summed E-state index contributed by atoms with van der Waals surface area (Å²) in [5.41, 5.74) is 8.52. The number of rotatable bonds is 7. The first-order chi connectivity index (χ1) is 18.0. The van der Waals surface area contributed by atoms with Gasteiger partial charge >= 0.3 is 5.97 Å². The average molecular weight is 517 g/mol. The fourth-order valence-corrected chi connectivity index (χ4v) is 5.21. The minimum Gasteiger partial charge on any atom is -0.481 e. The van der Waals surface area contributed by atoms with E-state index in [1.54, 1.807) is 12.4 Å². The Morgan fingerprint density at radius 1 is 0.946 bits per heavy atom. The second-order valence-electron chi connectivity index (χ2n) is 8.91. The Bertz CT molecular complexity index is 1240. The van der Waals surface area contributed by atoms with Crippen LogP contribution in [0.25, 0.3) is 21.8 Å². The maximum Gasteiger partial charge on any atom is 0.308 e.